The van der Waals surface area contributed by atoms with E-state index in [2.05, 4.69) is 38.8 Å². The number of nitrogens with zero attached hydrogens (tertiary/aromatic N) is 4. The van der Waals surface area contributed by atoms with Crippen LogP contribution in [0, 0.1) is 32.1 Å². The van der Waals surface area contributed by atoms with Crippen molar-refractivity contribution < 1.29 is 10.0 Å². The third kappa shape index (κ3) is 4.60. The highest BCUT2D eigenvalue weighted by Gasteiger charge is 2.16. The van der Waals surface area contributed by atoms with Gasteiger partial charge >= 0.3 is 0 Å². The summed E-state index contributed by atoms with van der Waals surface area (Å²) in [6, 6.07) is 13.2. The third-order valence-electron chi connectivity index (χ3n) is 4.34. The molecule has 148 valence electrons. The lowest BCUT2D eigenvalue weighted by atomic mass is 10.1. The minimum absolute atomic E-state index is 0.261. The van der Waals surface area contributed by atoms with Gasteiger partial charge in [0.2, 0.25) is 5.95 Å². The standard InChI is InChI=1S/C21H22N6O2/c1-13-9-14(2)19(15(3)10-13)25-20-18(27(28)29-4)12-23-21(26-20)24-17-7-5-16(11-22)6-8-17/h5-10,12,28H,1-4H3,(H2,23,24,25,26). The first-order valence-electron chi connectivity index (χ1n) is 8.93. The molecular weight excluding hydrogens is 368 g/mol. The average Bonchev–Trinajstić information content (AvgIpc) is 2.71. The van der Waals surface area contributed by atoms with Crippen molar-refractivity contribution >= 4 is 28.8 Å². The molecule has 0 bridgehead atoms. The van der Waals surface area contributed by atoms with Crippen LogP contribution in [0.5, 0.6) is 0 Å². The summed E-state index contributed by atoms with van der Waals surface area (Å²) in [7, 11) is 1.34. The minimum atomic E-state index is 0.261. The van der Waals surface area contributed by atoms with Crippen LogP contribution in [0.4, 0.5) is 28.8 Å². The Kier molecular flexibility index (Phi) is 5.93. The number of nitrogens with one attached hydrogen (secondary N) is 2. The van der Waals surface area contributed by atoms with E-state index >= 15 is 0 Å². The lowest BCUT2D eigenvalue weighted by molar-refractivity contribution is -0.0108. The predicted molar refractivity (Wildman–Crippen MR) is 112 cm³/mol. The second kappa shape index (κ2) is 8.56. The Hall–Kier alpha value is -3.67. The topological polar surface area (TPSA) is 106 Å². The summed E-state index contributed by atoms with van der Waals surface area (Å²) in [5.41, 5.74) is 5.72. The zero-order valence-corrected chi connectivity index (χ0v) is 16.7. The van der Waals surface area contributed by atoms with Gasteiger partial charge in [-0.15, -0.1) is 5.23 Å². The fourth-order valence-electron chi connectivity index (χ4n) is 3.02. The Balaban J connectivity index is 1.97. The number of hydrogen-bond donors (Lipinski definition) is 3. The molecule has 0 aliphatic carbocycles. The Morgan fingerprint density at radius 2 is 1.72 bits per heavy atom. The highest BCUT2D eigenvalue weighted by Crippen LogP contribution is 2.31. The molecule has 0 radical (unpaired) electrons. The van der Waals surface area contributed by atoms with Crippen molar-refractivity contribution in [1.82, 2.24) is 9.97 Å². The summed E-state index contributed by atoms with van der Waals surface area (Å²) >= 11 is 0. The van der Waals surface area contributed by atoms with Crippen molar-refractivity contribution in [2.75, 3.05) is 23.0 Å². The Labute approximate surface area is 169 Å². The molecule has 0 aliphatic rings. The van der Waals surface area contributed by atoms with Gasteiger partial charge in [0.05, 0.1) is 24.9 Å². The number of anilines is 5. The molecule has 0 saturated heterocycles. The van der Waals surface area contributed by atoms with Gasteiger partial charge in [-0.05, 0) is 56.2 Å². The summed E-state index contributed by atoms with van der Waals surface area (Å²) in [6.45, 7) is 6.05. The zero-order valence-electron chi connectivity index (χ0n) is 16.7. The molecule has 0 fully saturated rings. The molecule has 1 aromatic heterocycles. The third-order valence-corrected chi connectivity index (χ3v) is 4.34. The first-order valence-corrected chi connectivity index (χ1v) is 8.93. The number of hydrogen-bond acceptors (Lipinski definition) is 8. The Morgan fingerprint density at radius 3 is 2.31 bits per heavy atom. The maximum Gasteiger partial charge on any atom is 0.229 e. The van der Waals surface area contributed by atoms with E-state index in [0.717, 1.165) is 28.1 Å². The molecule has 8 heteroatoms. The highest BCUT2D eigenvalue weighted by atomic mass is 16.9. The van der Waals surface area contributed by atoms with Crippen molar-refractivity contribution in [3.63, 3.8) is 0 Å². The average molecular weight is 390 g/mol. The van der Waals surface area contributed by atoms with E-state index in [1.165, 1.54) is 13.3 Å². The van der Waals surface area contributed by atoms with Crippen LogP contribution in [-0.4, -0.2) is 22.3 Å². The van der Waals surface area contributed by atoms with Crippen molar-refractivity contribution in [3.8, 4) is 6.07 Å². The molecule has 0 aliphatic heterocycles. The van der Waals surface area contributed by atoms with Crippen LogP contribution in [0.15, 0.2) is 42.6 Å². The summed E-state index contributed by atoms with van der Waals surface area (Å²) in [4.78, 5) is 13.6. The van der Waals surface area contributed by atoms with Gasteiger partial charge in [-0.1, -0.05) is 17.7 Å². The van der Waals surface area contributed by atoms with Crippen LogP contribution in [0.3, 0.4) is 0 Å². The van der Waals surface area contributed by atoms with Crippen LogP contribution >= 0.6 is 0 Å². The van der Waals surface area contributed by atoms with Gasteiger partial charge in [0, 0.05) is 11.4 Å². The van der Waals surface area contributed by atoms with Crippen LogP contribution in [0.1, 0.15) is 22.3 Å². The van der Waals surface area contributed by atoms with E-state index in [0.29, 0.717) is 22.6 Å². The normalized spacial score (nSPS) is 10.3. The van der Waals surface area contributed by atoms with E-state index < -0.39 is 0 Å². The molecular formula is C21H22N6O2. The van der Waals surface area contributed by atoms with Crippen LogP contribution in [0.2, 0.25) is 0 Å². The zero-order chi connectivity index (χ0) is 21.0. The first kappa shape index (κ1) is 20.1. The molecule has 8 nitrogen and oxygen atoms in total. The largest absolute Gasteiger partial charge is 0.338 e. The number of aromatic nitrogens is 2. The highest BCUT2D eigenvalue weighted by molar-refractivity contribution is 5.74. The molecule has 0 saturated carbocycles. The maximum absolute atomic E-state index is 10.0. The van der Waals surface area contributed by atoms with Crippen molar-refractivity contribution in [3.05, 3.63) is 64.8 Å². The summed E-state index contributed by atoms with van der Waals surface area (Å²) in [6.07, 6.45) is 1.45. The van der Waals surface area contributed by atoms with E-state index in [1.807, 2.05) is 20.8 Å². The molecule has 3 N–H and O–H groups in total. The van der Waals surface area contributed by atoms with Gasteiger partial charge in [-0.25, -0.2) is 4.98 Å². The van der Waals surface area contributed by atoms with Crippen molar-refractivity contribution in [2.45, 2.75) is 20.8 Å². The maximum atomic E-state index is 10.0. The molecule has 0 atom stereocenters. The Morgan fingerprint density at radius 1 is 1.07 bits per heavy atom. The molecule has 0 amide bonds. The molecule has 3 aromatic rings. The quantitative estimate of drug-likeness (QED) is 0.528. The molecule has 0 unspecified atom stereocenters. The molecule has 1 heterocycles. The number of benzene rings is 2. The van der Waals surface area contributed by atoms with Crippen molar-refractivity contribution in [2.24, 2.45) is 0 Å². The minimum Gasteiger partial charge on any atom is -0.338 e. The van der Waals surface area contributed by atoms with Crippen LogP contribution in [0.25, 0.3) is 0 Å². The second-order valence-corrected chi connectivity index (χ2v) is 6.60. The van der Waals surface area contributed by atoms with Gasteiger partial charge in [-0.3, -0.25) is 10.0 Å². The van der Waals surface area contributed by atoms with Gasteiger partial charge in [0.15, 0.2) is 11.5 Å². The summed E-state index contributed by atoms with van der Waals surface area (Å²) in [5.74, 6) is 0.698. The summed E-state index contributed by atoms with van der Waals surface area (Å²) < 4.78 is 0. The molecule has 3 rings (SSSR count). The Bertz CT molecular complexity index is 1040. The number of nitriles is 1. The van der Waals surface area contributed by atoms with Gasteiger partial charge in [0.25, 0.3) is 0 Å². The predicted octanol–water partition coefficient (Wildman–Crippen LogP) is 4.52. The lowest BCUT2D eigenvalue weighted by Gasteiger charge is -2.20. The van der Waals surface area contributed by atoms with Crippen LogP contribution < -0.4 is 15.9 Å². The van der Waals surface area contributed by atoms with E-state index in [-0.39, 0.29) is 5.69 Å². The van der Waals surface area contributed by atoms with Gasteiger partial charge in [-0.2, -0.15) is 10.2 Å². The summed E-state index contributed by atoms with van der Waals surface area (Å²) in [5, 5.41) is 25.9. The van der Waals surface area contributed by atoms with Gasteiger partial charge < -0.3 is 10.6 Å². The van der Waals surface area contributed by atoms with Crippen molar-refractivity contribution in [1.29, 1.82) is 5.26 Å². The van der Waals surface area contributed by atoms with E-state index in [9.17, 15) is 5.21 Å². The van der Waals surface area contributed by atoms with Crippen LogP contribution in [-0.2, 0) is 4.84 Å². The fraction of sp³-hybridized carbons (Fsp3) is 0.190. The molecule has 0 spiro atoms. The fourth-order valence-corrected chi connectivity index (χ4v) is 3.02. The first-order chi connectivity index (χ1) is 13.9. The number of aryl methyl sites for hydroxylation is 3. The smallest absolute Gasteiger partial charge is 0.229 e. The van der Waals surface area contributed by atoms with E-state index in [1.54, 1.807) is 24.3 Å². The number of rotatable bonds is 6. The van der Waals surface area contributed by atoms with E-state index in [4.69, 9.17) is 10.1 Å². The van der Waals surface area contributed by atoms with Gasteiger partial charge in [0.1, 0.15) is 0 Å². The monoisotopic (exact) mass is 390 g/mol. The molecule has 29 heavy (non-hydrogen) atoms. The lowest BCUT2D eigenvalue weighted by Crippen LogP contribution is -2.18. The second-order valence-electron chi connectivity index (χ2n) is 6.60. The molecule has 2 aromatic carbocycles. The SMILES string of the molecule is CON(O)c1cnc(Nc2ccc(C#N)cc2)nc1Nc1c(C)cc(C)cc1C.